The molecule has 23 heavy (non-hydrogen) atoms. The van der Waals surface area contributed by atoms with Gasteiger partial charge in [0.05, 0.1) is 18.8 Å². The summed E-state index contributed by atoms with van der Waals surface area (Å²) in [5.74, 6) is 1.06. The molecule has 0 unspecified atom stereocenters. The van der Waals surface area contributed by atoms with Crippen molar-refractivity contribution in [3.63, 3.8) is 0 Å². The van der Waals surface area contributed by atoms with Crippen LogP contribution in [0.2, 0.25) is 0 Å². The Morgan fingerprint density at radius 2 is 2.26 bits per heavy atom. The second-order valence-corrected chi connectivity index (χ2v) is 4.76. The highest BCUT2D eigenvalue weighted by molar-refractivity contribution is 7.59. The first-order valence-electron chi connectivity index (χ1n) is 7.12. The van der Waals surface area contributed by atoms with Gasteiger partial charge < -0.3 is 20.9 Å². The van der Waals surface area contributed by atoms with Gasteiger partial charge in [0.2, 0.25) is 5.95 Å². The summed E-state index contributed by atoms with van der Waals surface area (Å²) in [4.78, 5) is 8.07. The van der Waals surface area contributed by atoms with Gasteiger partial charge in [0.15, 0.2) is 11.6 Å². The van der Waals surface area contributed by atoms with Crippen molar-refractivity contribution >= 4 is 25.3 Å². The molecule has 126 valence electrons. The number of nitrogens with one attached hydrogen (secondary N) is 1. The van der Waals surface area contributed by atoms with Crippen molar-refractivity contribution < 1.29 is 9.84 Å². The number of aliphatic hydroxyl groups is 1. The van der Waals surface area contributed by atoms with E-state index in [1.807, 2.05) is 13.0 Å². The molecule has 0 fully saturated rings. The van der Waals surface area contributed by atoms with E-state index < -0.39 is 0 Å². The molecule has 0 radical (unpaired) electrons. The van der Waals surface area contributed by atoms with Crippen LogP contribution < -0.4 is 15.8 Å². The maximum atomic E-state index is 9.39. The summed E-state index contributed by atoms with van der Waals surface area (Å²) >= 11 is 0. The van der Waals surface area contributed by atoms with Crippen molar-refractivity contribution in [3.8, 4) is 5.75 Å². The van der Waals surface area contributed by atoms with Gasteiger partial charge in [-0.3, -0.25) is 0 Å². The van der Waals surface area contributed by atoms with E-state index in [2.05, 4.69) is 25.5 Å². The van der Waals surface area contributed by atoms with Gasteiger partial charge in [0, 0.05) is 6.20 Å². The third-order valence-electron chi connectivity index (χ3n) is 2.98. The summed E-state index contributed by atoms with van der Waals surface area (Å²) in [7, 11) is 0. The van der Waals surface area contributed by atoms with E-state index in [0.717, 1.165) is 12.8 Å². The van der Waals surface area contributed by atoms with E-state index in [9.17, 15) is 5.11 Å². The molecule has 0 bridgehead atoms. The molecule has 1 atom stereocenters. The van der Waals surface area contributed by atoms with Crippen LogP contribution in [0.3, 0.4) is 0 Å². The third-order valence-corrected chi connectivity index (χ3v) is 2.98. The van der Waals surface area contributed by atoms with Crippen LogP contribution >= 0.6 is 13.5 Å². The second kappa shape index (κ2) is 9.80. The highest BCUT2D eigenvalue weighted by Crippen LogP contribution is 2.23. The minimum Gasteiger partial charge on any atom is -0.482 e. The summed E-state index contributed by atoms with van der Waals surface area (Å²) in [6.07, 6.45) is 4.85. The molecule has 0 aliphatic rings. The first-order chi connectivity index (χ1) is 10.7. The number of aliphatic hydroxyl groups excluding tert-OH is 1. The third kappa shape index (κ3) is 5.87. The van der Waals surface area contributed by atoms with Crippen molar-refractivity contribution in [3.05, 3.63) is 30.2 Å². The fourth-order valence-corrected chi connectivity index (χ4v) is 1.91. The molecule has 2 heterocycles. The summed E-state index contributed by atoms with van der Waals surface area (Å²) in [6.45, 7) is 2.29. The minimum absolute atomic E-state index is 0. The van der Waals surface area contributed by atoms with Gasteiger partial charge in [0.1, 0.15) is 12.3 Å². The van der Waals surface area contributed by atoms with Crippen LogP contribution in [-0.2, 0) is 6.61 Å². The molecule has 2 aromatic heterocycles. The van der Waals surface area contributed by atoms with Crippen LogP contribution in [0.4, 0.5) is 11.8 Å². The van der Waals surface area contributed by atoms with Gasteiger partial charge >= 0.3 is 0 Å². The molecule has 8 nitrogen and oxygen atoms in total. The molecule has 2 aromatic rings. The van der Waals surface area contributed by atoms with Crippen LogP contribution in [0.5, 0.6) is 5.75 Å². The lowest BCUT2D eigenvalue weighted by atomic mass is 10.2. The first-order valence-corrected chi connectivity index (χ1v) is 7.12. The van der Waals surface area contributed by atoms with Gasteiger partial charge in [-0.15, -0.1) is 0 Å². The fraction of sp³-hybridized carbons (Fsp3) is 0.429. The van der Waals surface area contributed by atoms with Crippen molar-refractivity contribution in [2.75, 3.05) is 17.7 Å². The molecular weight excluding hydrogens is 316 g/mol. The topological polar surface area (TPSA) is 119 Å². The minimum atomic E-state index is -0.113. The van der Waals surface area contributed by atoms with E-state index in [0.29, 0.717) is 17.3 Å². The van der Waals surface area contributed by atoms with Crippen molar-refractivity contribution in [2.45, 2.75) is 32.4 Å². The van der Waals surface area contributed by atoms with Crippen LogP contribution in [0, 0.1) is 0 Å². The number of nitrogens with two attached hydrogens (primary N) is 1. The molecule has 2 rings (SSSR count). The van der Waals surface area contributed by atoms with Gasteiger partial charge in [-0.25, -0.2) is 4.98 Å². The Kier molecular flexibility index (Phi) is 8.06. The quantitative estimate of drug-likeness (QED) is 0.655. The Morgan fingerprint density at radius 1 is 1.43 bits per heavy atom. The molecule has 0 aromatic carbocycles. The number of aromatic nitrogens is 4. The zero-order valence-corrected chi connectivity index (χ0v) is 13.9. The number of hydrogen-bond donors (Lipinski definition) is 3. The number of nitrogen functional groups attached to an aromatic ring is 1. The van der Waals surface area contributed by atoms with Gasteiger partial charge in [-0.05, 0) is 18.6 Å². The van der Waals surface area contributed by atoms with Gasteiger partial charge in [-0.2, -0.15) is 28.7 Å². The summed E-state index contributed by atoms with van der Waals surface area (Å²) in [6, 6.07) is 3.48. The smallest absolute Gasteiger partial charge is 0.222 e. The lowest BCUT2D eigenvalue weighted by Crippen LogP contribution is -2.24. The van der Waals surface area contributed by atoms with Crippen molar-refractivity contribution in [2.24, 2.45) is 0 Å². The summed E-state index contributed by atoms with van der Waals surface area (Å²) in [5.41, 5.74) is 6.32. The molecule has 0 spiro atoms. The van der Waals surface area contributed by atoms with E-state index in [4.69, 9.17) is 10.5 Å². The number of ether oxygens (including phenoxy) is 1. The van der Waals surface area contributed by atoms with E-state index in [1.165, 1.54) is 6.20 Å². The number of anilines is 2. The van der Waals surface area contributed by atoms with Gasteiger partial charge in [-0.1, -0.05) is 13.3 Å². The Balaban J connectivity index is 0.00000264. The molecule has 0 saturated heterocycles. The lowest BCUT2D eigenvalue weighted by molar-refractivity contribution is 0.266. The zero-order valence-electron chi connectivity index (χ0n) is 12.9. The van der Waals surface area contributed by atoms with Crippen molar-refractivity contribution in [1.29, 1.82) is 0 Å². The summed E-state index contributed by atoms with van der Waals surface area (Å²) in [5, 5.41) is 20.3. The lowest BCUT2D eigenvalue weighted by Gasteiger charge is -2.18. The number of hydrogen-bond acceptors (Lipinski definition) is 8. The maximum absolute atomic E-state index is 9.39. The van der Waals surface area contributed by atoms with Crippen molar-refractivity contribution in [1.82, 2.24) is 20.2 Å². The van der Waals surface area contributed by atoms with Gasteiger partial charge in [0.25, 0.3) is 0 Å². The van der Waals surface area contributed by atoms with Crippen LogP contribution in [-0.4, -0.2) is 37.9 Å². The molecule has 9 heteroatoms. The Hall–Kier alpha value is -2.13. The van der Waals surface area contributed by atoms with Crippen LogP contribution in [0.15, 0.2) is 24.5 Å². The van der Waals surface area contributed by atoms with E-state index in [1.54, 1.807) is 12.3 Å². The molecule has 0 aliphatic carbocycles. The van der Waals surface area contributed by atoms with E-state index >= 15 is 0 Å². The first kappa shape index (κ1) is 18.9. The fourth-order valence-electron chi connectivity index (χ4n) is 1.91. The van der Waals surface area contributed by atoms with Crippen LogP contribution in [0.1, 0.15) is 25.5 Å². The monoisotopic (exact) mass is 338 g/mol. The molecular formula is C14H22N6O2S. The molecule has 0 aliphatic heterocycles. The molecule has 0 amide bonds. The summed E-state index contributed by atoms with van der Waals surface area (Å²) < 4.78 is 5.67. The predicted molar refractivity (Wildman–Crippen MR) is 92.6 cm³/mol. The largest absolute Gasteiger partial charge is 0.482 e. The predicted octanol–water partition coefficient (Wildman–Crippen LogP) is 1.11. The maximum Gasteiger partial charge on any atom is 0.222 e. The average molecular weight is 338 g/mol. The number of nitrogens with zero attached hydrogens (tertiary/aromatic N) is 4. The average Bonchev–Trinajstić information content (AvgIpc) is 2.54. The normalized spacial score (nSPS) is 11.4. The molecule has 0 saturated carbocycles. The Labute approximate surface area is 142 Å². The standard InChI is InChI=1S/C14H20N6O2.H2S/c1-2-4-10(8-21)18-13-12(7-16-14(15)19-13)22-9-11-5-3-6-17-20-11;/h3,5-7,10,21H,2,4,8-9H2,1H3,(H3,15,16,18,19);1H2/t10-;/m0./s1. The Bertz CT molecular complexity index is 587. The van der Waals surface area contributed by atoms with Crippen LogP contribution in [0.25, 0.3) is 0 Å². The zero-order chi connectivity index (χ0) is 15.8. The number of rotatable bonds is 8. The molecule has 4 N–H and O–H groups in total. The highest BCUT2D eigenvalue weighted by Gasteiger charge is 2.13. The highest BCUT2D eigenvalue weighted by atomic mass is 32.1. The SMILES string of the molecule is CCC[C@@H](CO)Nc1nc(N)ncc1OCc1cccnn1.S. The second-order valence-electron chi connectivity index (χ2n) is 4.76. The van der Waals surface area contributed by atoms with E-state index in [-0.39, 0.29) is 38.7 Å². The Morgan fingerprint density at radius 3 is 2.91 bits per heavy atom.